The monoisotopic (exact) mass is 712 g/mol. The molecule has 4 amide bonds. The van der Waals surface area contributed by atoms with Gasteiger partial charge in [0, 0.05) is 40.9 Å². The van der Waals surface area contributed by atoms with Crippen molar-refractivity contribution in [2.24, 2.45) is 36.1 Å². The number of anilines is 1. The number of nitrogens with zero attached hydrogens (tertiary/aromatic N) is 4. The molecule has 2 saturated heterocycles. The fraction of sp³-hybridized carbons (Fsp3) is 0.395. The lowest BCUT2D eigenvalue weighted by molar-refractivity contribution is -0.140. The SMILES string of the molecule is CCCN1C(=O)[C@H]2[C@H](CC=C3[C@H]2C[C@H]2C(=O)N(c4cc(-c5sc6ccc(Cl)cc6c5C)nn4C)C(=O)[C@@]2(C)[C@H]3c2cc(OC)ccc2O)C1=O. The van der Waals surface area contributed by atoms with Crippen LogP contribution in [0.2, 0.25) is 5.02 Å². The van der Waals surface area contributed by atoms with Crippen molar-refractivity contribution in [3.63, 3.8) is 0 Å². The highest BCUT2D eigenvalue weighted by Gasteiger charge is 2.68. The Labute approximate surface area is 298 Å². The molecule has 0 spiro atoms. The number of hydrogen-bond acceptors (Lipinski definition) is 8. The number of fused-ring (bicyclic) bond motifs is 5. The molecule has 10 nitrogen and oxygen atoms in total. The van der Waals surface area contributed by atoms with E-state index in [0.717, 1.165) is 26.1 Å². The molecule has 0 radical (unpaired) electrons. The normalized spacial score (nSPS) is 27.6. The number of phenols is 1. The number of likely N-dealkylation sites (tertiary alicyclic amines) is 1. The standard InChI is InChI=1S/C38H37ClN4O6S/c1-6-13-42-34(45)22-10-9-21-24(31(22)36(42)47)16-26-35(46)43(37(48)38(26,3)32(21)25-15-20(49-5)8-11-28(25)44)30-17-27(40-41(30)4)33-18(2)23-14-19(39)7-12-29(23)50-33/h7-9,11-12,14-15,17,22,24,26,31-32,44H,6,10,13,16H2,1-5H3/t22-,24+,26-,31-,32+,38+/m0/s1. The van der Waals surface area contributed by atoms with Gasteiger partial charge in [-0.3, -0.25) is 28.8 Å². The number of aryl methyl sites for hydroxylation is 2. The van der Waals surface area contributed by atoms with Gasteiger partial charge in [-0.1, -0.05) is 30.2 Å². The van der Waals surface area contributed by atoms with Crippen LogP contribution in [0.5, 0.6) is 11.5 Å². The summed E-state index contributed by atoms with van der Waals surface area (Å²) in [4.78, 5) is 60.7. The summed E-state index contributed by atoms with van der Waals surface area (Å²) in [5, 5.41) is 17.8. The van der Waals surface area contributed by atoms with Gasteiger partial charge in [0.1, 0.15) is 23.0 Å². The Morgan fingerprint density at radius 1 is 1.06 bits per heavy atom. The molecule has 0 unspecified atom stereocenters. The summed E-state index contributed by atoms with van der Waals surface area (Å²) in [6.45, 7) is 6.07. The maximum absolute atomic E-state index is 15.0. The first-order valence-electron chi connectivity index (χ1n) is 16.9. The molecule has 3 fully saturated rings. The Balaban J connectivity index is 1.26. The second-order valence-electron chi connectivity index (χ2n) is 14.1. The average molecular weight is 713 g/mol. The largest absolute Gasteiger partial charge is 0.508 e. The third-order valence-corrected chi connectivity index (χ3v) is 13.1. The van der Waals surface area contributed by atoms with E-state index >= 15 is 4.79 Å². The first-order valence-corrected chi connectivity index (χ1v) is 18.1. The molecule has 8 rings (SSSR count). The van der Waals surface area contributed by atoms with Crippen molar-refractivity contribution in [2.75, 3.05) is 18.6 Å². The van der Waals surface area contributed by atoms with E-state index < -0.39 is 40.9 Å². The van der Waals surface area contributed by atoms with Gasteiger partial charge in [0.2, 0.25) is 23.6 Å². The molecule has 2 aliphatic heterocycles. The third kappa shape index (κ3) is 4.41. The molecular weight excluding hydrogens is 676 g/mol. The van der Waals surface area contributed by atoms with Crippen LogP contribution < -0.4 is 9.64 Å². The fourth-order valence-electron chi connectivity index (χ4n) is 9.19. The number of amides is 4. The lowest BCUT2D eigenvalue weighted by Crippen LogP contribution is -2.49. The smallest absolute Gasteiger partial charge is 0.242 e. The topological polar surface area (TPSA) is 122 Å². The van der Waals surface area contributed by atoms with E-state index in [1.807, 2.05) is 38.1 Å². The van der Waals surface area contributed by atoms with Gasteiger partial charge in [0.25, 0.3) is 0 Å². The molecule has 258 valence electrons. The highest BCUT2D eigenvalue weighted by atomic mass is 35.5. The molecule has 2 aliphatic carbocycles. The zero-order chi connectivity index (χ0) is 35.4. The number of benzene rings is 2. The van der Waals surface area contributed by atoms with E-state index in [0.29, 0.717) is 47.2 Å². The molecule has 4 aliphatic rings. The molecule has 4 aromatic rings. The second kappa shape index (κ2) is 11.5. The summed E-state index contributed by atoms with van der Waals surface area (Å²) in [5.41, 5.74) is 1.57. The van der Waals surface area contributed by atoms with Crippen molar-refractivity contribution in [2.45, 2.75) is 46.0 Å². The third-order valence-electron chi connectivity index (χ3n) is 11.6. The maximum atomic E-state index is 15.0. The highest BCUT2D eigenvalue weighted by Crippen LogP contribution is 2.64. The van der Waals surface area contributed by atoms with E-state index in [-0.39, 0.29) is 29.9 Å². The van der Waals surface area contributed by atoms with Crippen molar-refractivity contribution >= 4 is 62.5 Å². The quantitative estimate of drug-likeness (QED) is 0.176. The van der Waals surface area contributed by atoms with Crippen LogP contribution in [0.3, 0.4) is 0 Å². The zero-order valence-electron chi connectivity index (χ0n) is 28.4. The molecule has 0 bridgehead atoms. The van der Waals surface area contributed by atoms with Crippen molar-refractivity contribution in [1.29, 1.82) is 0 Å². The van der Waals surface area contributed by atoms with E-state index in [1.165, 1.54) is 23.0 Å². The van der Waals surface area contributed by atoms with Crippen molar-refractivity contribution in [1.82, 2.24) is 14.7 Å². The van der Waals surface area contributed by atoms with Crippen LogP contribution >= 0.6 is 22.9 Å². The minimum Gasteiger partial charge on any atom is -0.508 e. The van der Waals surface area contributed by atoms with Crippen LogP contribution in [0.25, 0.3) is 20.7 Å². The lowest BCUT2D eigenvalue weighted by atomic mass is 9.51. The zero-order valence-corrected chi connectivity index (χ0v) is 30.0. The lowest BCUT2D eigenvalue weighted by Gasteiger charge is -2.49. The van der Waals surface area contributed by atoms with E-state index in [9.17, 15) is 19.5 Å². The van der Waals surface area contributed by atoms with Crippen LogP contribution in [0, 0.1) is 36.0 Å². The van der Waals surface area contributed by atoms with E-state index in [1.54, 1.807) is 48.2 Å². The van der Waals surface area contributed by atoms with Crippen LogP contribution in [0.1, 0.15) is 50.2 Å². The van der Waals surface area contributed by atoms with Crippen molar-refractivity contribution in [3.05, 3.63) is 70.3 Å². The van der Waals surface area contributed by atoms with Crippen molar-refractivity contribution in [3.8, 4) is 22.1 Å². The number of aromatic nitrogens is 2. The van der Waals surface area contributed by atoms with E-state index in [4.69, 9.17) is 21.4 Å². The number of aromatic hydroxyl groups is 1. The number of hydrogen-bond donors (Lipinski definition) is 1. The summed E-state index contributed by atoms with van der Waals surface area (Å²) < 4.78 is 8.15. The Kier molecular flexibility index (Phi) is 7.54. The molecule has 50 heavy (non-hydrogen) atoms. The number of halogens is 1. The van der Waals surface area contributed by atoms with Gasteiger partial charge >= 0.3 is 0 Å². The number of ether oxygens (including phenoxy) is 1. The minimum atomic E-state index is -1.32. The van der Waals surface area contributed by atoms with Gasteiger partial charge in [-0.2, -0.15) is 5.10 Å². The predicted molar refractivity (Wildman–Crippen MR) is 190 cm³/mol. The maximum Gasteiger partial charge on any atom is 0.242 e. The second-order valence-corrected chi connectivity index (χ2v) is 15.6. The van der Waals surface area contributed by atoms with E-state index in [2.05, 4.69) is 0 Å². The molecule has 2 aromatic carbocycles. The average Bonchev–Trinajstić information content (AvgIpc) is 3.76. The minimum absolute atomic E-state index is 0.0391. The fourth-order valence-corrected chi connectivity index (χ4v) is 10.5. The molecule has 2 aromatic heterocycles. The summed E-state index contributed by atoms with van der Waals surface area (Å²) in [7, 11) is 3.24. The van der Waals surface area contributed by atoms with Crippen LogP contribution in [0.15, 0.2) is 54.1 Å². The summed E-state index contributed by atoms with van der Waals surface area (Å²) in [6.07, 6.45) is 3.20. The van der Waals surface area contributed by atoms with Gasteiger partial charge in [-0.05, 0) is 86.4 Å². The van der Waals surface area contributed by atoms with Gasteiger partial charge in [0.05, 0.1) is 35.2 Å². The van der Waals surface area contributed by atoms with Gasteiger partial charge in [0.15, 0.2) is 0 Å². The molecule has 12 heteroatoms. The number of methoxy groups -OCH3 is 1. The van der Waals surface area contributed by atoms with Crippen LogP contribution in [-0.2, 0) is 26.2 Å². The number of imide groups is 2. The first-order chi connectivity index (χ1) is 23.9. The number of rotatable bonds is 6. The molecule has 1 saturated carbocycles. The number of carbonyl (C=O) groups is 4. The molecule has 6 atom stereocenters. The summed E-state index contributed by atoms with van der Waals surface area (Å²) >= 11 is 7.87. The predicted octanol–water partition coefficient (Wildman–Crippen LogP) is 6.62. The first kappa shape index (κ1) is 32.7. The Bertz CT molecular complexity index is 2190. The van der Waals surface area contributed by atoms with Gasteiger partial charge in [-0.15, -0.1) is 11.3 Å². The van der Waals surface area contributed by atoms with Crippen LogP contribution in [-0.4, -0.2) is 57.1 Å². The van der Waals surface area contributed by atoms with Gasteiger partial charge in [-0.25, -0.2) is 4.90 Å². The molecule has 4 heterocycles. The van der Waals surface area contributed by atoms with Crippen LogP contribution in [0.4, 0.5) is 5.82 Å². The molecule has 1 N–H and O–H groups in total. The number of thiophene rings is 1. The Morgan fingerprint density at radius 2 is 1.84 bits per heavy atom. The summed E-state index contributed by atoms with van der Waals surface area (Å²) in [5.74, 6) is -3.62. The van der Waals surface area contributed by atoms with Gasteiger partial charge < -0.3 is 9.84 Å². The summed E-state index contributed by atoms with van der Waals surface area (Å²) in [6, 6.07) is 12.4. The Morgan fingerprint density at radius 3 is 2.58 bits per heavy atom. The van der Waals surface area contributed by atoms with Crippen molar-refractivity contribution < 1.29 is 29.0 Å². The molecular formula is C38H37ClN4O6S. The number of carbonyl (C=O) groups excluding carboxylic acids is 4. The number of phenolic OH excluding ortho intramolecular Hbond substituents is 1. The highest BCUT2D eigenvalue weighted by molar-refractivity contribution is 7.22. The Hall–Kier alpha value is -4.48. The number of allylic oxidation sites excluding steroid dienone is 2.